The van der Waals surface area contributed by atoms with Crippen molar-refractivity contribution in [2.75, 3.05) is 34.9 Å². The van der Waals surface area contributed by atoms with Crippen LogP contribution in [0.3, 0.4) is 0 Å². The first-order valence-corrected chi connectivity index (χ1v) is 11.1. The third kappa shape index (κ3) is 4.05. The number of carbonyl (C=O) groups excluding carboxylic acids is 2. The van der Waals surface area contributed by atoms with Crippen molar-refractivity contribution in [3.63, 3.8) is 0 Å². The minimum atomic E-state index is -3.42. The van der Waals surface area contributed by atoms with Gasteiger partial charge < -0.3 is 20.9 Å². The molecule has 0 saturated carbocycles. The second kappa shape index (κ2) is 7.41. The van der Waals surface area contributed by atoms with E-state index in [9.17, 15) is 18.0 Å². The molecule has 2 aliphatic heterocycles. The number of carbonyl (C=O) groups is 2. The van der Waals surface area contributed by atoms with E-state index in [1.807, 2.05) is 4.90 Å². The molecular weight excluding hydrogens is 414 g/mol. The second-order valence-electron chi connectivity index (χ2n) is 6.33. The van der Waals surface area contributed by atoms with Gasteiger partial charge in [-0.15, -0.1) is 4.40 Å². The summed E-state index contributed by atoms with van der Waals surface area (Å²) in [5.74, 6) is -0.316. The van der Waals surface area contributed by atoms with E-state index in [2.05, 4.69) is 20.3 Å². The first-order chi connectivity index (χ1) is 13.8. The van der Waals surface area contributed by atoms with Crippen LogP contribution in [-0.4, -0.2) is 44.9 Å². The highest BCUT2D eigenvalue weighted by Crippen LogP contribution is 2.42. The van der Waals surface area contributed by atoms with Gasteiger partial charge in [-0.2, -0.15) is 0 Å². The van der Waals surface area contributed by atoms with E-state index in [1.165, 1.54) is 18.8 Å². The van der Waals surface area contributed by atoms with Gasteiger partial charge in [0.05, 0.1) is 11.4 Å². The van der Waals surface area contributed by atoms with Gasteiger partial charge in [0.1, 0.15) is 0 Å². The number of benzene rings is 2. The molecular formula is C18H17N5O4S2. The maximum Gasteiger partial charge on any atom is 0.318 e. The van der Waals surface area contributed by atoms with Crippen LogP contribution in [0.15, 0.2) is 51.8 Å². The van der Waals surface area contributed by atoms with Gasteiger partial charge >= 0.3 is 6.03 Å². The van der Waals surface area contributed by atoms with Gasteiger partial charge in [0.15, 0.2) is 5.17 Å². The zero-order chi connectivity index (χ0) is 20.6. The summed E-state index contributed by atoms with van der Waals surface area (Å²) in [5, 5.41) is 8.32. The molecule has 0 aliphatic carbocycles. The van der Waals surface area contributed by atoms with Crippen LogP contribution in [-0.2, 0) is 10.0 Å². The summed E-state index contributed by atoms with van der Waals surface area (Å²) in [6.45, 7) is 0.350. The molecule has 3 amide bonds. The molecule has 0 aromatic heterocycles. The van der Waals surface area contributed by atoms with Crippen molar-refractivity contribution in [2.24, 2.45) is 4.40 Å². The van der Waals surface area contributed by atoms with Crippen molar-refractivity contribution in [2.45, 2.75) is 4.90 Å². The molecule has 0 fully saturated rings. The van der Waals surface area contributed by atoms with Crippen LogP contribution in [0.25, 0.3) is 0 Å². The van der Waals surface area contributed by atoms with Gasteiger partial charge in [0, 0.05) is 35.4 Å². The van der Waals surface area contributed by atoms with Crippen LogP contribution >= 0.6 is 11.8 Å². The van der Waals surface area contributed by atoms with Crippen LogP contribution in [0.2, 0.25) is 0 Å². The third-order valence-electron chi connectivity index (χ3n) is 4.36. The fraction of sp³-hybridized carbons (Fsp3) is 0.167. The predicted molar refractivity (Wildman–Crippen MR) is 113 cm³/mol. The first-order valence-electron chi connectivity index (χ1n) is 8.67. The van der Waals surface area contributed by atoms with E-state index in [-0.39, 0.29) is 17.7 Å². The van der Waals surface area contributed by atoms with E-state index < -0.39 is 10.0 Å². The molecule has 0 radical (unpaired) electrons. The average Bonchev–Trinajstić information content (AvgIpc) is 3.04. The number of amidine groups is 1. The summed E-state index contributed by atoms with van der Waals surface area (Å²) < 4.78 is 27.2. The number of fused-ring (bicyclic) bond motifs is 3. The van der Waals surface area contributed by atoms with Crippen LogP contribution in [0.1, 0.15) is 10.4 Å². The van der Waals surface area contributed by atoms with Crippen molar-refractivity contribution in [1.82, 2.24) is 5.32 Å². The summed E-state index contributed by atoms with van der Waals surface area (Å²) in [4.78, 5) is 26.6. The van der Waals surface area contributed by atoms with Gasteiger partial charge in [0.25, 0.3) is 15.9 Å². The predicted octanol–water partition coefficient (Wildman–Crippen LogP) is 2.30. The van der Waals surface area contributed by atoms with Gasteiger partial charge in [0.2, 0.25) is 0 Å². The molecule has 0 unspecified atom stereocenters. The number of hydrogen-bond acceptors (Lipinski definition) is 6. The Hall–Kier alpha value is -3.05. The molecule has 3 N–H and O–H groups in total. The summed E-state index contributed by atoms with van der Waals surface area (Å²) in [7, 11) is -1.89. The van der Waals surface area contributed by atoms with Crippen molar-refractivity contribution < 1.29 is 18.0 Å². The zero-order valence-electron chi connectivity index (χ0n) is 15.3. The minimum Gasteiger partial charge on any atom is -0.341 e. The largest absolute Gasteiger partial charge is 0.341 e. The molecule has 0 atom stereocenters. The lowest BCUT2D eigenvalue weighted by Gasteiger charge is -2.22. The number of rotatable bonds is 3. The maximum absolute atomic E-state index is 12.6. The Kier molecular flexibility index (Phi) is 4.92. The molecule has 2 aliphatic rings. The number of thioether (sulfide) groups is 1. The standard InChI is InChI=1S/C18H17N5O4S2/c1-19-17(25)21-13-5-3-12(4-6-13)20-16(24)11-2-7-14-15(10-11)28-18-22-29(26,27)9-8-23(14)18/h2-7,10H,8-9H2,1H3,(H,20,24)(H2,19,21,25). The lowest BCUT2D eigenvalue weighted by Crippen LogP contribution is -2.35. The van der Waals surface area contributed by atoms with Crippen LogP contribution in [0.4, 0.5) is 21.9 Å². The molecule has 4 rings (SSSR count). The van der Waals surface area contributed by atoms with Gasteiger partial charge in [-0.05, 0) is 54.2 Å². The molecule has 29 heavy (non-hydrogen) atoms. The molecule has 0 bridgehead atoms. The topological polar surface area (TPSA) is 120 Å². The van der Waals surface area contributed by atoms with Gasteiger partial charge in [-0.3, -0.25) is 4.79 Å². The minimum absolute atomic E-state index is 0.0243. The molecule has 150 valence electrons. The lowest BCUT2D eigenvalue weighted by molar-refractivity contribution is 0.102. The summed E-state index contributed by atoms with van der Waals surface area (Å²) in [6.07, 6.45) is 0. The Morgan fingerprint density at radius 1 is 1.07 bits per heavy atom. The van der Waals surface area contributed by atoms with E-state index >= 15 is 0 Å². The monoisotopic (exact) mass is 431 g/mol. The van der Waals surface area contributed by atoms with Gasteiger partial charge in [-0.1, -0.05) is 0 Å². The van der Waals surface area contributed by atoms with Crippen molar-refractivity contribution in [3.05, 3.63) is 48.0 Å². The summed E-state index contributed by atoms with van der Waals surface area (Å²) in [5.41, 5.74) is 2.49. The average molecular weight is 431 g/mol. The van der Waals surface area contributed by atoms with Crippen LogP contribution in [0.5, 0.6) is 0 Å². The number of amides is 3. The maximum atomic E-state index is 12.6. The summed E-state index contributed by atoms with van der Waals surface area (Å²) >= 11 is 1.24. The molecule has 0 spiro atoms. The Labute approximate surface area is 171 Å². The first kappa shape index (κ1) is 19.3. The molecule has 0 saturated heterocycles. The van der Waals surface area contributed by atoms with Crippen LogP contribution in [0, 0.1) is 0 Å². The van der Waals surface area contributed by atoms with E-state index in [1.54, 1.807) is 42.5 Å². The lowest BCUT2D eigenvalue weighted by atomic mass is 10.1. The summed E-state index contributed by atoms with van der Waals surface area (Å²) in [6, 6.07) is 11.6. The van der Waals surface area contributed by atoms with E-state index in [0.717, 1.165) is 10.6 Å². The van der Waals surface area contributed by atoms with Gasteiger partial charge in [-0.25, -0.2) is 13.2 Å². The van der Waals surface area contributed by atoms with E-state index in [0.29, 0.717) is 28.7 Å². The Morgan fingerprint density at radius 2 is 1.76 bits per heavy atom. The number of nitrogens with one attached hydrogen (secondary N) is 3. The van der Waals surface area contributed by atoms with Crippen molar-refractivity contribution in [3.8, 4) is 0 Å². The number of nitrogens with zero attached hydrogens (tertiary/aromatic N) is 2. The molecule has 2 aromatic carbocycles. The highest BCUT2D eigenvalue weighted by atomic mass is 32.2. The number of urea groups is 1. The van der Waals surface area contributed by atoms with E-state index in [4.69, 9.17) is 0 Å². The fourth-order valence-corrected chi connectivity index (χ4v) is 5.20. The van der Waals surface area contributed by atoms with Crippen LogP contribution < -0.4 is 20.9 Å². The van der Waals surface area contributed by atoms with Crippen molar-refractivity contribution in [1.29, 1.82) is 0 Å². The highest BCUT2D eigenvalue weighted by Gasteiger charge is 2.33. The molecule has 2 heterocycles. The Balaban J connectivity index is 1.48. The number of anilines is 3. The molecule has 11 heteroatoms. The number of hydrogen-bond donors (Lipinski definition) is 3. The Bertz CT molecular complexity index is 1130. The smallest absolute Gasteiger partial charge is 0.318 e. The molecule has 9 nitrogen and oxygen atoms in total. The quantitative estimate of drug-likeness (QED) is 0.686. The third-order valence-corrected chi connectivity index (χ3v) is 6.67. The fourth-order valence-electron chi connectivity index (χ4n) is 2.91. The molecule has 2 aromatic rings. The zero-order valence-corrected chi connectivity index (χ0v) is 16.9. The normalized spacial score (nSPS) is 16.3. The van der Waals surface area contributed by atoms with Crippen molar-refractivity contribution >= 4 is 56.0 Å². The second-order valence-corrected chi connectivity index (χ2v) is 9.10. The highest BCUT2D eigenvalue weighted by molar-refractivity contribution is 8.15. The SMILES string of the molecule is CNC(=O)Nc1ccc(NC(=O)c2ccc3c(c2)SC2=NS(=O)(=O)CCN23)cc1. The Morgan fingerprint density at radius 3 is 2.45 bits per heavy atom. The number of sulfonamides is 1.